The minimum Gasteiger partial charge on any atom is -0.392 e. The maximum atomic E-state index is 13.8. The molecule has 0 amide bonds. The summed E-state index contributed by atoms with van der Waals surface area (Å²) in [7, 11) is 0. The van der Waals surface area contributed by atoms with Crippen molar-refractivity contribution in [3.8, 4) is 0 Å². The quantitative estimate of drug-likeness (QED) is 0.856. The first-order valence-corrected chi connectivity index (χ1v) is 6.49. The third-order valence-electron chi connectivity index (χ3n) is 3.28. The summed E-state index contributed by atoms with van der Waals surface area (Å²) >= 11 is 5.05. The lowest BCUT2D eigenvalue weighted by atomic mass is 10.0. The smallest absolute Gasteiger partial charge is 0.131 e. The lowest BCUT2D eigenvalue weighted by molar-refractivity contribution is 0.200. The number of piperidine rings is 1. The summed E-state index contributed by atoms with van der Waals surface area (Å²) in [5.41, 5.74) is 6.10. The predicted molar refractivity (Wildman–Crippen MR) is 71.3 cm³/mol. The first kappa shape index (κ1) is 13.4. The summed E-state index contributed by atoms with van der Waals surface area (Å²) in [6.07, 6.45) is 3.29. The zero-order valence-corrected chi connectivity index (χ0v) is 10.9. The number of rotatable bonds is 3. The monoisotopic (exact) mass is 270 g/mol. The highest BCUT2D eigenvalue weighted by Crippen LogP contribution is 2.27. The Morgan fingerprint density at radius 3 is 2.44 bits per heavy atom. The van der Waals surface area contributed by atoms with Crippen LogP contribution in [0.25, 0.3) is 0 Å². The molecule has 2 N–H and O–H groups in total. The van der Waals surface area contributed by atoms with E-state index in [-0.39, 0.29) is 4.99 Å². The Labute approximate surface area is 111 Å². The van der Waals surface area contributed by atoms with Crippen LogP contribution in [0.3, 0.4) is 0 Å². The van der Waals surface area contributed by atoms with Crippen molar-refractivity contribution in [1.82, 2.24) is 4.90 Å². The standard InChI is InChI=1S/C13H16F2N2S/c14-9-4-5-10(11(15)8-9)12(13(16)18)17-6-2-1-3-7-17/h4-5,8,12H,1-3,6-7H2,(H2,16,18). The van der Waals surface area contributed by atoms with Gasteiger partial charge in [-0.15, -0.1) is 0 Å². The van der Waals surface area contributed by atoms with Crippen molar-refractivity contribution in [3.05, 3.63) is 35.4 Å². The van der Waals surface area contributed by atoms with E-state index in [1.54, 1.807) is 0 Å². The number of hydrogen-bond acceptors (Lipinski definition) is 2. The largest absolute Gasteiger partial charge is 0.392 e. The van der Waals surface area contributed by atoms with Crippen LogP contribution in [0.2, 0.25) is 0 Å². The van der Waals surface area contributed by atoms with Gasteiger partial charge < -0.3 is 5.73 Å². The lowest BCUT2D eigenvalue weighted by Crippen LogP contribution is -2.40. The van der Waals surface area contributed by atoms with Gasteiger partial charge >= 0.3 is 0 Å². The lowest BCUT2D eigenvalue weighted by Gasteiger charge is -2.34. The fourth-order valence-corrected chi connectivity index (χ4v) is 2.71. The van der Waals surface area contributed by atoms with Gasteiger partial charge in [0.1, 0.15) is 11.6 Å². The molecule has 1 aromatic carbocycles. The summed E-state index contributed by atoms with van der Waals surface area (Å²) in [5.74, 6) is -1.17. The third-order valence-corrected chi connectivity index (χ3v) is 3.51. The van der Waals surface area contributed by atoms with Crippen LogP contribution in [0.5, 0.6) is 0 Å². The minimum atomic E-state index is -0.586. The molecule has 0 aliphatic carbocycles. The second-order valence-corrected chi connectivity index (χ2v) is 5.04. The fourth-order valence-electron chi connectivity index (χ4n) is 2.43. The molecule has 18 heavy (non-hydrogen) atoms. The van der Waals surface area contributed by atoms with E-state index in [2.05, 4.69) is 4.90 Å². The molecule has 0 radical (unpaired) electrons. The molecule has 1 aromatic rings. The van der Waals surface area contributed by atoms with Crippen LogP contribution in [-0.2, 0) is 0 Å². The van der Waals surface area contributed by atoms with Gasteiger partial charge in [-0.3, -0.25) is 4.90 Å². The van der Waals surface area contributed by atoms with Crippen molar-refractivity contribution in [2.75, 3.05) is 13.1 Å². The molecule has 1 fully saturated rings. The molecule has 1 atom stereocenters. The summed E-state index contributed by atoms with van der Waals surface area (Å²) in [6, 6.07) is 3.13. The van der Waals surface area contributed by atoms with Gasteiger partial charge in [-0.2, -0.15) is 0 Å². The highest BCUT2D eigenvalue weighted by Gasteiger charge is 2.27. The van der Waals surface area contributed by atoms with Crippen molar-refractivity contribution in [2.24, 2.45) is 5.73 Å². The molecule has 5 heteroatoms. The second-order valence-electron chi connectivity index (χ2n) is 4.57. The van der Waals surface area contributed by atoms with Crippen LogP contribution in [0.1, 0.15) is 30.9 Å². The molecule has 0 saturated carbocycles. The Morgan fingerprint density at radius 1 is 1.22 bits per heavy atom. The topological polar surface area (TPSA) is 29.3 Å². The van der Waals surface area contributed by atoms with Gasteiger partial charge in [-0.1, -0.05) is 24.7 Å². The van der Waals surface area contributed by atoms with Crippen LogP contribution in [0, 0.1) is 11.6 Å². The van der Waals surface area contributed by atoms with E-state index in [1.807, 2.05) is 0 Å². The summed E-state index contributed by atoms with van der Waals surface area (Å²) in [5, 5.41) is 0. The Hall–Kier alpha value is -1.07. The number of thiocarbonyl (C=S) groups is 1. The van der Waals surface area contributed by atoms with Crippen LogP contribution in [0.15, 0.2) is 18.2 Å². The van der Waals surface area contributed by atoms with E-state index >= 15 is 0 Å². The molecule has 0 bridgehead atoms. The van der Waals surface area contributed by atoms with E-state index < -0.39 is 17.7 Å². The van der Waals surface area contributed by atoms with Crippen molar-refractivity contribution in [3.63, 3.8) is 0 Å². The van der Waals surface area contributed by atoms with Crippen molar-refractivity contribution in [2.45, 2.75) is 25.3 Å². The van der Waals surface area contributed by atoms with Gasteiger partial charge in [0.05, 0.1) is 11.0 Å². The van der Waals surface area contributed by atoms with Crippen molar-refractivity contribution >= 4 is 17.2 Å². The number of halogens is 2. The van der Waals surface area contributed by atoms with Gasteiger partial charge in [0, 0.05) is 11.6 Å². The fraction of sp³-hybridized carbons (Fsp3) is 0.462. The first-order valence-electron chi connectivity index (χ1n) is 6.08. The maximum absolute atomic E-state index is 13.8. The van der Waals surface area contributed by atoms with E-state index in [1.165, 1.54) is 18.6 Å². The Bertz CT molecular complexity index is 445. The van der Waals surface area contributed by atoms with Crippen molar-refractivity contribution in [1.29, 1.82) is 0 Å². The number of benzene rings is 1. The summed E-state index contributed by atoms with van der Waals surface area (Å²) in [6.45, 7) is 1.69. The van der Waals surface area contributed by atoms with E-state index in [9.17, 15) is 8.78 Å². The molecule has 98 valence electrons. The average Bonchev–Trinajstić information content (AvgIpc) is 2.33. The molecule has 1 heterocycles. The highest BCUT2D eigenvalue weighted by atomic mass is 32.1. The van der Waals surface area contributed by atoms with Gasteiger partial charge in [0.2, 0.25) is 0 Å². The number of nitrogens with zero attached hydrogens (tertiary/aromatic N) is 1. The molecule has 2 rings (SSSR count). The Morgan fingerprint density at radius 2 is 1.89 bits per heavy atom. The zero-order chi connectivity index (χ0) is 13.1. The Balaban J connectivity index is 2.31. The van der Waals surface area contributed by atoms with Gasteiger partial charge in [-0.05, 0) is 32.0 Å². The molecule has 2 nitrogen and oxygen atoms in total. The van der Waals surface area contributed by atoms with Crippen LogP contribution in [-0.4, -0.2) is 23.0 Å². The van der Waals surface area contributed by atoms with Crippen molar-refractivity contribution < 1.29 is 8.78 Å². The molecule has 0 aromatic heterocycles. The third kappa shape index (κ3) is 2.84. The van der Waals surface area contributed by atoms with E-state index in [0.717, 1.165) is 32.0 Å². The molecule has 0 spiro atoms. The summed E-state index contributed by atoms with van der Waals surface area (Å²) in [4.78, 5) is 2.31. The zero-order valence-electron chi connectivity index (χ0n) is 10.0. The minimum absolute atomic E-state index is 0.238. The maximum Gasteiger partial charge on any atom is 0.131 e. The average molecular weight is 270 g/mol. The molecule has 1 saturated heterocycles. The molecular weight excluding hydrogens is 254 g/mol. The normalized spacial score (nSPS) is 18.6. The van der Waals surface area contributed by atoms with Crippen LogP contribution < -0.4 is 5.73 Å². The van der Waals surface area contributed by atoms with Gasteiger partial charge in [-0.25, -0.2) is 8.78 Å². The second kappa shape index (κ2) is 5.71. The Kier molecular flexibility index (Phi) is 4.24. The number of likely N-dealkylation sites (tertiary alicyclic amines) is 1. The SMILES string of the molecule is NC(=S)C(c1ccc(F)cc1F)N1CCCCC1. The first-order chi connectivity index (χ1) is 8.59. The predicted octanol–water partition coefficient (Wildman–Crippen LogP) is 2.78. The van der Waals surface area contributed by atoms with Gasteiger partial charge in [0.15, 0.2) is 0 Å². The van der Waals surface area contributed by atoms with Crippen LogP contribution >= 0.6 is 12.2 Å². The highest BCUT2D eigenvalue weighted by molar-refractivity contribution is 7.80. The van der Waals surface area contributed by atoms with E-state index in [0.29, 0.717) is 5.56 Å². The molecule has 1 aliphatic heterocycles. The van der Waals surface area contributed by atoms with Crippen LogP contribution in [0.4, 0.5) is 8.78 Å². The molecule has 1 unspecified atom stereocenters. The summed E-state index contributed by atoms with van der Waals surface area (Å²) < 4.78 is 26.8. The molecule has 1 aliphatic rings. The van der Waals surface area contributed by atoms with Gasteiger partial charge in [0.25, 0.3) is 0 Å². The molecular formula is C13H16F2N2S. The number of hydrogen-bond donors (Lipinski definition) is 1. The van der Waals surface area contributed by atoms with E-state index in [4.69, 9.17) is 18.0 Å². The number of nitrogens with two attached hydrogens (primary N) is 1.